The maximum Gasteiger partial charge on any atom is 0.340 e. The van der Waals surface area contributed by atoms with E-state index in [2.05, 4.69) is 21.9 Å². The fourth-order valence-corrected chi connectivity index (χ4v) is 2.73. The quantitative estimate of drug-likeness (QED) is 0.657. The molecule has 2 heterocycles. The van der Waals surface area contributed by atoms with E-state index in [-0.39, 0.29) is 5.91 Å². The zero-order valence-corrected chi connectivity index (χ0v) is 14.6. The summed E-state index contributed by atoms with van der Waals surface area (Å²) in [5.41, 5.74) is 4.50. The van der Waals surface area contributed by atoms with E-state index in [1.54, 1.807) is 25.4 Å². The number of aromatic amines is 1. The number of esters is 1. The number of aromatic nitrogens is 1. The lowest BCUT2D eigenvalue weighted by Gasteiger charge is -2.11. The molecule has 6 nitrogen and oxygen atoms in total. The summed E-state index contributed by atoms with van der Waals surface area (Å²) in [7, 11) is 1.35. The number of carbonyl (C=O) groups is 2. The summed E-state index contributed by atoms with van der Waals surface area (Å²) in [5, 5.41) is 2.79. The van der Waals surface area contributed by atoms with Crippen LogP contribution in [0, 0.1) is 0 Å². The number of benzene rings is 1. The Morgan fingerprint density at radius 1 is 1.35 bits per heavy atom. The Labute approximate surface area is 151 Å². The van der Waals surface area contributed by atoms with Gasteiger partial charge in [-0.05, 0) is 19.1 Å². The maximum atomic E-state index is 12.1. The highest BCUT2D eigenvalue weighted by atomic mass is 16.5. The second-order valence-electron chi connectivity index (χ2n) is 5.93. The van der Waals surface area contributed by atoms with Crippen molar-refractivity contribution in [1.82, 2.24) is 4.98 Å². The van der Waals surface area contributed by atoms with E-state index in [1.807, 2.05) is 24.3 Å². The van der Waals surface area contributed by atoms with Crippen molar-refractivity contribution in [3.8, 4) is 0 Å². The summed E-state index contributed by atoms with van der Waals surface area (Å²) in [5.74, 6) is -0.675. The van der Waals surface area contributed by atoms with Crippen LogP contribution in [0.1, 0.15) is 34.1 Å². The summed E-state index contributed by atoms with van der Waals surface area (Å²) in [6.45, 7) is 5.29. The molecule has 0 unspecified atom stereocenters. The Balaban J connectivity index is 2.05. The van der Waals surface area contributed by atoms with Crippen LogP contribution in [0.25, 0.3) is 0 Å². The Morgan fingerprint density at radius 2 is 2.15 bits per heavy atom. The van der Waals surface area contributed by atoms with Crippen molar-refractivity contribution in [2.24, 2.45) is 4.99 Å². The van der Waals surface area contributed by atoms with Crippen molar-refractivity contribution >= 4 is 23.3 Å². The van der Waals surface area contributed by atoms with Crippen LogP contribution in [-0.2, 0) is 16.0 Å². The first-order chi connectivity index (χ1) is 12.5. The minimum atomic E-state index is -0.427. The van der Waals surface area contributed by atoms with Gasteiger partial charge in [0.25, 0.3) is 5.91 Å². The first-order valence-corrected chi connectivity index (χ1v) is 8.10. The summed E-state index contributed by atoms with van der Waals surface area (Å²) < 4.78 is 4.89. The zero-order chi connectivity index (χ0) is 18.7. The van der Waals surface area contributed by atoms with Crippen LogP contribution >= 0.6 is 0 Å². The molecule has 132 valence electrons. The number of aliphatic imine (C=N–C) groups is 1. The Kier molecular flexibility index (Phi) is 4.84. The molecule has 2 aromatic rings. The summed E-state index contributed by atoms with van der Waals surface area (Å²) in [6.07, 6.45) is 5.89. The number of anilines is 1. The number of methoxy groups -OCH3 is 1. The van der Waals surface area contributed by atoms with Gasteiger partial charge in [-0.25, -0.2) is 4.79 Å². The number of allylic oxidation sites excluding steroid dienone is 1. The average molecular weight is 349 g/mol. The molecule has 0 fully saturated rings. The van der Waals surface area contributed by atoms with Crippen LogP contribution in [0.15, 0.2) is 59.9 Å². The molecule has 0 radical (unpaired) electrons. The molecule has 1 amide bonds. The van der Waals surface area contributed by atoms with Gasteiger partial charge in [-0.15, -0.1) is 0 Å². The molecule has 1 aliphatic rings. The van der Waals surface area contributed by atoms with Gasteiger partial charge in [-0.1, -0.05) is 24.8 Å². The number of H-pyrrole nitrogens is 1. The molecular weight excluding hydrogens is 330 g/mol. The Morgan fingerprint density at radius 3 is 2.88 bits per heavy atom. The second-order valence-corrected chi connectivity index (χ2v) is 5.93. The summed E-state index contributed by atoms with van der Waals surface area (Å²) in [6, 6.07) is 7.31. The fourth-order valence-electron chi connectivity index (χ4n) is 2.73. The molecule has 1 aliphatic heterocycles. The van der Waals surface area contributed by atoms with E-state index >= 15 is 0 Å². The molecule has 26 heavy (non-hydrogen) atoms. The molecule has 0 saturated heterocycles. The highest BCUT2D eigenvalue weighted by Crippen LogP contribution is 2.25. The smallest absolute Gasteiger partial charge is 0.340 e. The lowest BCUT2D eigenvalue weighted by Crippen LogP contribution is -2.14. The van der Waals surface area contributed by atoms with Gasteiger partial charge in [-0.2, -0.15) is 0 Å². The van der Waals surface area contributed by atoms with E-state index in [1.165, 1.54) is 7.11 Å². The van der Waals surface area contributed by atoms with E-state index in [9.17, 15) is 9.59 Å². The maximum absolute atomic E-state index is 12.1. The Hall–Kier alpha value is -3.41. The van der Waals surface area contributed by atoms with Gasteiger partial charge in [0.15, 0.2) is 0 Å². The van der Waals surface area contributed by atoms with Gasteiger partial charge < -0.3 is 15.0 Å². The minimum absolute atomic E-state index is 0.248. The normalized spacial score (nSPS) is 12.6. The first kappa shape index (κ1) is 17.4. The average Bonchev–Trinajstić information content (AvgIpc) is 2.93. The number of rotatable bonds is 4. The molecule has 0 spiro atoms. The van der Waals surface area contributed by atoms with Crippen LogP contribution in [0.3, 0.4) is 0 Å². The largest absolute Gasteiger partial charge is 0.465 e. The van der Waals surface area contributed by atoms with Gasteiger partial charge in [-0.3, -0.25) is 9.79 Å². The molecule has 0 bridgehead atoms. The zero-order valence-electron chi connectivity index (χ0n) is 14.6. The van der Waals surface area contributed by atoms with E-state index in [4.69, 9.17) is 4.74 Å². The topological polar surface area (TPSA) is 83.5 Å². The predicted octanol–water partition coefficient (Wildman–Crippen LogP) is 3.22. The van der Waals surface area contributed by atoms with Gasteiger partial charge in [0.2, 0.25) is 0 Å². The third kappa shape index (κ3) is 3.35. The van der Waals surface area contributed by atoms with Crippen LogP contribution in [0.2, 0.25) is 0 Å². The number of nitrogens with zero attached hydrogens (tertiary/aromatic N) is 1. The van der Waals surface area contributed by atoms with Gasteiger partial charge in [0.05, 0.1) is 18.4 Å². The van der Waals surface area contributed by atoms with Crippen LogP contribution in [0.4, 0.5) is 5.69 Å². The standard InChI is InChI=1S/C20H19N3O3/c1-12(2)19(24)23-14-7-4-6-13(10-14)18-17-15(20(25)26-3)11-22-16(17)8-5-9-21-18/h4-7,9-11,22H,1,8H2,2-3H3,(H,23,24). The number of amides is 1. The third-order valence-corrected chi connectivity index (χ3v) is 4.02. The molecule has 1 aromatic heterocycles. The molecular formula is C20H19N3O3. The van der Waals surface area contributed by atoms with Crippen LogP contribution < -0.4 is 5.32 Å². The van der Waals surface area contributed by atoms with Gasteiger partial charge in [0.1, 0.15) is 0 Å². The number of nitrogens with one attached hydrogen (secondary N) is 2. The molecule has 6 heteroatoms. The molecule has 0 saturated carbocycles. The van der Waals surface area contributed by atoms with Crippen molar-refractivity contribution in [3.63, 3.8) is 0 Å². The first-order valence-electron chi connectivity index (χ1n) is 8.10. The molecule has 0 atom stereocenters. The van der Waals surface area contributed by atoms with Crippen molar-refractivity contribution in [3.05, 3.63) is 77.3 Å². The number of hydrogen-bond acceptors (Lipinski definition) is 4. The monoisotopic (exact) mass is 349 g/mol. The lowest BCUT2D eigenvalue weighted by molar-refractivity contribution is -0.112. The molecule has 2 N–H and O–H groups in total. The van der Waals surface area contributed by atoms with E-state index < -0.39 is 5.97 Å². The molecule has 1 aromatic carbocycles. The SMILES string of the molecule is C=C(C)C(=O)Nc1cccc(C2=NC=CCc3[nH]cc(C(=O)OC)c32)c1. The third-order valence-electron chi connectivity index (χ3n) is 4.02. The van der Waals surface area contributed by atoms with Crippen molar-refractivity contribution < 1.29 is 14.3 Å². The van der Waals surface area contributed by atoms with Crippen LogP contribution in [-0.4, -0.2) is 29.7 Å². The fraction of sp³-hybridized carbons (Fsp3) is 0.150. The van der Waals surface area contributed by atoms with E-state index in [0.717, 1.165) is 11.3 Å². The highest BCUT2D eigenvalue weighted by molar-refractivity contribution is 6.19. The summed E-state index contributed by atoms with van der Waals surface area (Å²) >= 11 is 0. The van der Waals surface area contributed by atoms with Crippen molar-refractivity contribution in [1.29, 1.82) is 0 Å². The number of fused-ring (bicyclic) bond motifs is 1. The molecule has 3 rings (SSSR count). The second kappa shape index (κ2) is 7.23. The highest BCUT2D eigenvalue weighted by Gasteiger charge is 2.23. The van der Waals surface area contributed by atoms with Crippen molar-refractivity contribution in [2.75, 3.05) is 12.4 Å². The van der Waals surface area contributed by atoms with Crippen LogP contribution in [0.5, 0.6) is 0 Å². The Bertz CT molecular complexity index is 951. The minimum Gasteiger partial charge on any atom is -0.465 e. The van der Waals surface area contributed by atoms with E-state index in [0.29, 0.717) is 34.5 Å². The van der Waals surface area contributed by atoms with Crippen molar-refractivity contribution in [2.45, 2.75) is 13.3 Å². The lowest BCUT2D eigenvalue weighted by atomic mass is 9.97. The van der Waals surface area contributed by atoms with Gasteiger partial charge >= 0.3 is 5.97 Å². The van der Waals surface area contributed by atoms with Gasteiger partial charge in [0, 0.05) is 46.9 Å². The predicted molar refractivity (Wildman–Crippen MR) is 101 cm³/mol. The molecule has 0 aliphatic carbocycles. The number of ether oxygens (including phenoxy) is 1. The number of carbonyl (C=O) groups excluding carboxylic acids is 2. The summed E-state index contributed by atoms with van der Waals surface area (Å²) in [4.78, 5) is 31.7. The number of hydrogen-bond donors (Lipinski definition) is 2.